The van der Waals surface area contributed by atoms with Gasteiger partial charge in [-0.3, -0.25) is 9.69 Å². The third kappa shape index (κ3) is 4.42. The number of nitrogens with zero attached hydrogens (tertiary/aromatic N) is 2. The zero-order valence-corrected chi connectivity index (χ0v) is 18.3. The lowest BCUT2D eigenvalue weighted by Crippen LogP contribution is -2.38. The summed E-state index contributed by atoms with van der Waals surface area (Å²) < 4.78 is 5.52. The van der Waals surface area contributed by atoms with Gasteiger partial charge in [-0.1, -0.05) is 24.3 Å². The van der Waals surface area contributed by atoms with Gasteiger partial charge in [0, 0.05) is 24.5 Å². The van der Waals surface area contributed by atoms with Crippen LogP contribution in [0.5, 0.6) is 0 Å². The van der Waals surface area contributed by atoms with Gasteiger partial charge in [0.2, 0.25) is 0 Å². The van der Waals surface area contributed by atoms with E-state index < -0.39 is 0 Å². The molecule has 5 rings (SSSR count). The van der Waals surface area contributed by atoms with Gasteiger partial charge in [-0.05, 0) is 80.3 Å². The van der Waals surface area contributed by atoms with Crippen LogP contribution in [-0.4, -0.2) is 29.9 Å². The zero-order chi connectivity index (χ0) is 21.9. The van der Waals surface area contributed by atoms with Crippen LogP contribution < -0.4 is 5.32 Å². The Kier molecular flexibility index (Phi) is 5.96. The van der Waals surface area contributed by atoms with Gasteiger partial charge in [-0.15, -0.1) is 0 Å². The van der Waals surface area contributed by atoms with Crippen molar-refractivity contribution >= 4 is 16.9 Å². The van der Waals surface area contributed by atoms with E-state index in [0.717, 1.165) is 61.3 Å². The topological polar surface area (TPSA) is 69.3 Å². The summed E-state index contributed by atoms with van der Waals surface area (Å²) in [5.74, 6) is 0.713. The van der Waals surface area contributed by atoms with Crippen molar-refractivity contribution in [1.29, 1.82) is 5.26 Å². The van der Waals surface area contributed by atoms with Crippen LogP contribution in [0.15, 0.2) is 53.1 Å². The quantitative estimate of drug-likeness (QED) is 0.619. The highest BCUT2D eigenvalue weighted by molar-refractivity contribution is 6.05. The van der Waals surface area contributed by atoms with E-state index in [-0.39, 0.29) is 11.9 Å². The molecular formula is C27H29N3O2. The maximum atomic E-state index is 12.7. The summed E-state index contributed by atoms with van der Waals surface area (Å²) in [6.07, 6.45) is 8.27. The molecule has 1 aliphatic carbocycles. The summed E-state index contributed by atoms with van der Waals surface area (Å²) in [4.78, 5) is 15.3. The minimum absolute atomic E-state index is 0.0232. The number of nitriles is 1. The number of rotatable bonds is 5. The average molecular weight is 428 g/mol. The number of furan rings is 1. The number of fused-ring (bicyclic) bond motifs is 2. The Bertz CT molecular complexity index is 1150. The number of nitrogens with one attached hydrogen (secondary N) is 1. The number of benzene rings is 2. The van der Waals surface area contributed by atoms with Gasteiger partial charge in [0.1, 0.15) is 11.8 Å². The predicted molar refractivity (Wildman–Crippen MR) is 124 cm³/mol. The van der Waals surface area contributed by atoms with Crippen molar-refractivity contribution in [3.05, 3.63) is 71.0 Å². The smallest absolute Gasteiger partial charge is 0.255 e. The molecule has 0 saturated heterocycles. The third-order valence-electron chi connectivity index (χ3n) is 7.19. The summed E-state index contributed by atoms with van der Waals surface area (Å²) in [7, 11) is 0. The molecule has 2 aromatic carbocycles. The van der Waals surface area contributed by atoms with Gasteiger partial charge < -0.3 is 9.73 Å². The maximum Gasteiger partial charge on any atom is 0.255 e. The first-order chi connectivity index (χ1) is 15.7. The van der Waals surface area contributed by atoms with Crippen molar-refractivity contribution in [3.8, 4) is 6.07 Å². The molecule has 0 radical (unpaired) electrons. The third-order valence-corrected chi connectivity index (χ3v) is 7.19. The Hall–Kier alpha value is -3.10. The van der Waals surface area contributed by atoms with Crippen LogP contribution in [0, 0.1) is 17.2 Å². The standard InChI is InChI=1S/C27H29N3O2/c28-16-20-5-8-22-17-30(14-12-21(22)15-20)13-11-19-6-9-23(10-7-19)29-27(31)25-18-32-26-4-2-1-3-24(25)26/h1-5,8,15,18-19,23H,6-7,9-14,17H2,(H,29,31)/t19-,23-. The maximum absolute atomic E-state index is 12.7. The molecule has 3 aromatic rings. The van der Waals surface area contributed by atoms with Crippen molar-refractivity contribution in [1.82, 2.24) is 10.2 Å². The first-order valence-corrected chi connectivity index (χ1v) is 11.7. The predicted octanol–water partition coefficient (Wildman–Crippen LogP) is 5.04. The van der Waals surface area contributed by atoms with Gasteiger partial charge >= 0.3 is 0 Å². The first-order valence-electron chi connectivity index (χ1n) is 11.7. The minimum Gasteiger partial charge on any atom is -0.463 e. The SMILES string of the molecule is N#Cc1ccc2c(c1)CCN(CC[C@H]1CC[C@H](NC(=O)c3coc4ccccc34)CC1)C2. The molecule has 2 aliphatic rings. The van der Waals surface area contributed by atoms with E-state index in [9.17, 15) is 4.79 Å². The van der Waals surface area contributed by atoms with Crippen LogP contribution in [0.4, 0.5) is 0 Å². The summed E-state index contributed by atoms with van der Waals surface area (Å²) in [6, 6.07) is 16.3. The van der Waals surface area contributed by atoms with E-state index in [4.69, 9.17) is 9.68 Å². The van der Waals surface area contributed by atoms with E-state index in [1.807, 2.05) is 30.3 Å². The number of hydrogen-bond donors (Lipinski definition) is 1. The molecule has 2 heterocycles. The Morgan fingerprint density at radius 3 is 2.81 bits per heavy atom. The van der Waals surface area contributed by atoms with Gasteiger partial charge in [0.05, 0.1) is 17.2 Å². The van der Waals surface area contributed by atoms with Crippen LogP contribution in [0.2, 0.25) is 0 Å². The summed E-state index contributed by atoms with van der Waals surface area (Å²) in [5.41, 5.74) is 4.86. The molecule has 0 unspecified atom stereocenters. The Morgan fingerprint density at radius 1 is 1.12 bits per heavy atom. The highest BCUT2D eigenvalue weighted by Gasteiger charge is 2.25. The fourth-order valence-corrected chi connectivity index (χ4v) is 5.25. The molecule has 0 spiro atoms. The molecule has 5 heteroatoms. The van der Waals surface area contributed by atoms with Crippen LogP contribution in [0.25, 0.3) is 11.0 Å². The molecule has 1 saturated carbocycles. The van der Waals surface area contributed by atoms with E-state index in [2.05, 4.69) is 28.4 Å². The Labute approximate surface area is 189 Å². The van der Waals surface area contributed by atoms with Gasteiger partial charge in [-0.2, -0.15) is 5.26 Å². The molecule has 1 fully saturated rings. The Morgan fingerprint density at radius 2 is 1.97 bits per heavy atom. The fraction of sp³-hybridized carbons (Fsp3) is 0.407. The van der Waals surface area contributed by atoms with Gasteiger partial charge in [0.15, 0.2) is 0 Å². The van der Waals surface area contributed by atoms with E-state index in [1.54, 1.807) is 6.26 Å². The molecule has 1 N–H and O–H groups in total. The number of carbonyl (C=O) groups is 1. The first kappa shape index (κ1) is 20.8. The summed E-state index contributed by atoms with van der Waals surface area (Å²) >= 11 is 0. The lowest BCUT2D eigenvalue weighted by molar-refractivity contribution is 0.0920. The van der Waals surface area contributed by atoms with Crippen LogP contribution >= 0.6 is 0 Å². The van der Waals surface area contributed by atoms with Crippen molar-refractivity contribution in [2.75, 3.05) is 13.1 Å². The second-order valence-corrected chi connectivity index (χ2v) is 9.25. The van der Waals surface area contributed by atoms with Crippen LogP contribution in [-0.2, 0) is 13.0 Å². The Balaban J connectivity index is 1.08. The summed E-state index contributed by atoms with van der Waals surface area (Å²) in [6.45, 7) is 3.19. The van der Waals surface area contributed by atoms with E-state index >= 15 is 0 Å². The molecule has 5 nitrogen and oxygen atoms in total. The molecule has 1 aromatic heterocycles. The molecule has 0 atom stereocenters. The average Bonchev–Trinajstić information content (AvgIpc) is 3.27. The highest BCUT2D eigenvalue weighted by Crippen LogP contribution is 2.29. The monoisotopic (exact) mass is 427 g/mol. The van der Waals surface area contributed by atoms with Crippen molar-refractivity contribution in [3.63, 3.8) is 0 Å². The van der Waals surface area contributed by atoms with E-state index in [1.165, 1.54) is 30.4 Å². The van der Waals surface area contributed by atoms with Gasteiger partial charge in [0.25, 0.3) is 5.91 Å². The second-order valence-electron chi connectivity index (χ2n) is 9.25. The van der Waals surface area contributed by atoms with E-state index in [0.29, 0.717) is 5.56 Å². The largest absolute Gasteiger partial charge is 0.463 e. The minimum atomic E-state index is -0.0232. The molecular weight excluding hydrogens is 398 g/mol. The molecule has 164 valence electrons. The van der Waals surface area contributed by atoms with Gasteiger partial charge in [-0.25, -0.2) is 0 Å². The lowest BCUT2D eigenvalue weighted by atomic mass is 9.83. The molecule has 32 heavy (non-hydrogen) atoms. The number of carbonyl (C=O) groups excluding carboxylic acids is 1. The number of amides is 1. The molecule has 1 amide bonds. The van der Waals surface area contributed by atoms with Crippen molar-refractivity contribution in [2.45, 2.75) is 51.1 Å². The zero-order valence-electron chi connectivity index (χ0n) is 18.3. The molecule has 0 bridgehead atoms. The molecule has 1 aliphatic heterocycles. The van der Waals surface area contributed by atoms with Crippen LogP contribution in [0.3, 0.4) is 0 Å². The van der Waals surface area contributed by atoms with Crippen molar-refractivity contribution in [2.24, 2.45) is 5.92 Å². The number of para-hydroxylation sites is 1. The fourth-order valence-electron chi connectivity index (χ4n) is 5.25. The van der Waals surface area contributed by atoms with Crippen LogP contribution in [0.1, 0.15) is 59.2 Å². The lowest BCUT2D eigenvalue weighted by Gasteiger charge is -2.33. The normalized spacial score (nSPS) is 21.1. The summed E-state index contributed by atoms with van der Waals surface area (Å²) in [5, 5.41) is 13.2. The van der Waals surface area contributed by atoms with Crippen molar-refractivity contribution < 1.29 is 9.21 Å². The second kappa shape index (κ2) is 9.18. The number of hydrogen-bond acceptors (Lipinski definition) is 4. The highest BCUT2D eigenvalue weighted by atomic mass is 16.3.